The van der Waals surface area contributed by atoms with E-state index < -0.39 is 23.9 Å². The molecule has 0 atom stereocenters. The number of carboxylic acids is 2. The number of benzene rings is 2. The summed E-state index contributed by atoms with van der Waals surface area (Å²) in [4.78, 5) is 45.3. The van der Waals surface area contributed by atoms with Crippen LogP contribution in [0.1, 0.15) is 46.4 Å². The molecule has 10 heteroatoms. The Hall–Kier alpha value is -1.68. The van der Waals surface area contributed by atoms with Crippen molar-refractivity contribution in [3.63, 3.8) is 0 Å². The Balaban J connectivity index is 0.00000420. The fourth-order valence-corrected chi connectivity index (χ4v) is 2.29. The number of hydrogen-bond donors (Lipinski definition) is 2. The molecule has 0 unspecified atom stereocenters. The summed E-state index contributed by atoms with van der Waals surface area (Å²) in [7, 11) is 0. The van der Waals surface area contributed by atoms with Gasteiger partial charge in [0, 0.05) is 12.8 Å². The molecule has 2 rings (SSSR count). The van der Waals surface area contributed by atoms with Crippen molar-refractivity contribution >= 4 is 83.0 Å². The van der Waals surface area contributed by atoms with E-state index in [1.165, 1.54) is 48.5 Å². The van der Waals surface area contributed by atoms with Gasteiger partial charge in [0.05, 0.1) is 11.1 Å². The molecule has 2 N–H and O–H groups in total. The molecule has 0 saturated carbocycles. The van der Waals surface area contributed by atoms with Gasteiger partial charge in [0.15, 0.2) is 0 Å². The molecular weight excluding hydrogens is 414 g/mol. The second-order valence-electron chi connectivity index (χ2n) is 5.82. The predicted octanol–water partition coefficient (Wildman–Crippen LogP) is 1.86. The second kappa shape index (κ2) is 14.3. The van der Waals surface area contributed by atoms with Crippen molar-refractivity contribution in [3.8, 4) is 11.5 Å². The minimum atomic E-state index is -1.12. The molecule has 0 spiro atoms. The van der Waals surface area contributed by atoms with Gasteiger partial charge in [-0.25, -0.2) is 9.59 Å². The molecule has 0 aliphatic heterocycles. The van der Waals surface area contributed by atoms with Crippen LogP contribution in [0.4, 0.5) is 0 Å². The van der Waals surface area contributed by atoms with Crippen LogP contribution in [0.5, 0.6) is 11.5 Å². The Kier molecular flexibility index (Phi) is 13.5. The molecule has 0 aliphatic carbocycles. The van der Waals surface area contributed by atoms with Gasteiger partial charge in [-0.3, -0.25) is 9.59 Å². The van der Waals surface area contributed by atoms with E-state index in [9.17, 15) is 19.2 Å². The van der Waals surface area contributed by atoms with Crippen LogP contribution < -0.4 is 9.47 Å². The SMILES string of the molecule is O=C(CCCCC(=O)Oc1cccc(C(=O)O)c1)Oc1cccc(C(=O)O)c1.[NaH].[NaH]. The van der Waals surface area contributed by atoms with E-state index in [0.717, 1.165) is 0 Å². The van der Waals surface area contributed by atoms with Crippen molar-refractivity contribution in [2.45, 2.75) is 25.7 Å². The third-order valence-corrected chi connectivity index (χ3v) is 3.64. The van der Waals surface area contributed by atoms with E-state index in [0.29, 0.717) is 12.8 Å². The van der Waals surface area contributed by atoms with E-state index in [2.05, 4.69) is 0 Å². The molecule has 0 aliphatic rings. The summed E-state index contributed by atoms with van der Waals surface area (Å²) in [5.41, 5.74) is 0.0278. The zero-order chi connectivity index (χ0) is 20.5. The summed E-state index contributed by atoms with van der Waals surface area (Å²) >= 11 is 0. The zero-order valence-corrected chi connectivity index (χ0v) is 14.8. The summed E-state index contributed by atoms with van der Waals surface area (Å²) in [5.74, 6) is -3.03. The molecule has 8 nitrogen and oxygen atoms in total. The van der Waals surface area contributed by atoms with E-state index in [4.69, 9.17) is 19.7 Å². The molecule has 2 aromatic rings. The number of carbonyl (C=O) groups is 4. The number of carbonyl (C=O) groups excluding carboxylic acids is 2. The molecule has 0 bridgehead atoms. The normalized spacial score (nSPS) is 9.47. The molecule has 30 heavy (non-hydrogen) atoms. The van der Waals surface area contributed by atoms with Gasteiger partial charge >= 0.3 is 83.0 Å². The fraction of sp³-hybridized carbons (Fsp3) is 0.200. The first-order chi connectivity index (χ1) is 13.3. The van der Waals surface area contributed by atoms with Gasteiger partial charge in [-0.2, -0.15) is 0 Å². The van der Waals surface area contributed by atoms with Crippen LogP contribution in [-0.2, 0) is 9.59 Å². The maximum atomic E-state index is 11.8. The van der Waals surface area contributed by atoms with Crippen LogP contribution in [0.15, 0.2) is 48.5 Å². The monoisotopic (exact) mass is 434 g/mol. The summed E-state index contributed by atoms with van der Waals surface area (Å²) in [6, 6.07) is 11.2. The maximum absolute atomic E-state index is 11.8. The summed E-state index contributed by atoms with van der Waals surface area (Å²) < 4.78 is 10.1. The topological polar surface area (TPSA) is 127 Å². The molecule has 0 heterocycles. The van der Waals surface area contributed by atoms with Gasteiger partial charge in [-0.1, -0.05) is 12.1 Å². The molecule has 0 fully saturated rings. The van der Waals surface area contributed by atoms with E-state index in [1.807, 2.05) is 0 Å². The van der Waals surface area contributed by atoms with Crippen LogP contribution in [-0.4, -0.2) is 93.2 Å². The molecule has 2 aromatic carbocycles. The molecule has 150 valence electrons. The Morgan fingerprint density at radius 1 is 0.667 bits per heavy atom. The number of unbranched alkanes of at least 4 members (excludes halogenated alkanes) is 1. The van der Waals surface area contributed by atoms with Crippen molar-refractivity contribution in [2.24, 2.45) is 0 Å². The van der Waals surface area contributed by atoms with Gasteiger partial charge in [0.1, 0.15) is 11.5 Å². The summed E-state index contributed by atoms with van der Waals surface area (Å²) in [5, 5.41) is 17.8. The predicted molar refractivity (Wildman–Crippen MR) is 111 cm³/mol. The summed E-state index contributed by atoms with van der Waals surface area (Å²) in [6.45, 7) is 0. The Morgan fingerprint density at radius 3 is 1.37 bits per heavy atom. The van der Waals surface area contributed by atoms with E-state index >= 15 is 0 Å². The van der Waals surface area contributed by atoms with E-state index in [-0.39, 0.29) is 94.6 Å². The molecule has 0 radical (unpaired) electrons. The Labute approximate surface area is 217 Å². The second-order valence-corrected chi connectivity index (χ2v) is 5.82. The number of aromatic carboxylic acids is 2. The molecule has 0 saturated heterocycles. The van der Waals surface area contributed by atoms with Crippen molar-refractivity contribution in [2.75, 3.05) is 0 Å². The fourth-order valence-electron chi connectivity index (χ4n) is 2.29. The first kappa shape index (κ1) is 28.3. The van der Waals surface area contributed by atoms with Gasteiger partial charge < -0.3 is 19.7 Å². The average molecular weight is 434 g/mol. The average Bonchev–Trinajstić information content (AvgIpc) is 2.65. The Morgan fingerprint density at radius 2 is 1.03 bits per heavy atom. The number of esters is 2. The zero-order valence-electron chi connectivity index (χ0n) is 14.8. The summed E-state index contributed by atoms with van der Waals surface area (Å²) in [6.07, 6.45) is 0.863. The van der Waals surface area contributed by atoms with Gasteiger partial charge in [-0.15, -0.1) is 0 Å². The van der Waals surface area contributed by atoms with Crippen molar-refractivity contribution in [1.29, 1.82) is 0 Å². The van der Waals surface area contributed by atoms with Crippen LogP contribution in [0.25, 0.3) is 0 Å². The van der Waals surface area contributed by atoms with Gasteiger partial charge in [0.25, 0.3) is 0 Å². The number of rotatable bonds is 9. The quantitative estimate of drug-likeness (QED) is 0.265. The number of hydrogen-bond acceptors (Lipinski definition) is 6. The van der Waals surface area contributed by atoms with E-state index in [1.54, 1.807) is 0 Å². The van der Waals surface area contributed by atoms with Crippen LogP contribution in [0.2, 0.25) is 0 Å². The minimum absolute atomic E-state index is 0. The molecular formula is C20H20Na2O8. The standard InChI is InChI=1S/C20H18O8.2Na.2H/c21-17(27-15-7-3-5-13(11-15)19(23)24)9-1-2-10-18(22)28-16-8-4-6-14(12-16)20(25)26;;;;/h3-8,11-12H,1-2,9-10H2,(H,23,24)(H,25,26);;;;. The number of ether oxygens (including phenoxy) is 2. The first-order valence-electron chi connectivity index (χ1n) is 8.43. The third kappa shape index (κ3) is 9.88. The van der Waals surface area contributed by atoms with Gasteiger partial charge in [0.2, 0.25) is 0 Å². The van der Waals surface area contributed by atoms with Crippen LogP contribution in [0, 0.1) is 0 Å². The van der Waals surface area contributed by atoms with Crippen LogP contribution in [0.3, 0.4) is 0 Å². The third-order valence-electron chi connectivity index (χ3n) is 3.64. The Bertz CT molecular complexity index is 824. The molecule has 0 aromatic heterocycles. The van der Waals surface area contributed by atoms with Crippen molar-refractivity contribution < 1.29 is 38.9 Å². The first-order valence-corrected chi connectivity index (χ1v) is 8.43. The van der Waals surface area contributed by atoms with Crippen LogP contribution >= 0.6 is 0 Å². The number of carboxylic acid groups (broad SMARTS) is 2. The van der Waals surface area contributed by atoms with Gasteiger partial charge in [-0.05, 0) is 49.2 Å². The molecule has 0 amide bonds. The van der Waals surface area contributed by atoms with Crippen molar-refractivity contribution in [3.05, 3.63) is 59.7 Å². The van der Waals surface area contributed by atoms with Crippen molar-refractivity contribution in [1.82, 2.24) is 0 Å².